The van der Waals surface area contributed by atoms with E-state index in [9.17, 15) is 44.1 Å². The molecule has 0 aliphatic carbocycles. The van der Waals surface area contributed by atoms with Gasteiger partial charge in [0, 0.05) is 91.8 Å². The molecule has 12 N–H and O–H groups in total. The summed E-state index contributed by atoms with van der Waals surface area (Å²) in [5, 5.41) is 59.8. The highest BCUT2D eigenvalue weighted by Crippen LogP contribution is 2.13. The largest absolute Gasteiger partial charge is 0.481 e. The van der Waals surface area contributed by atoms with E-state index >= 15 is 0 Å². The summed E-state index contributed by atoms with van der Waals surface area (Å²) in [7, 11) is 0. The summed E-state index contributed by atoms with van der Waals surface area (Å²) >= 11 is 0. The maximum atomic E-state index is 12.4. The van der Waals surface area contributed by atoms with Crippen LogP contribution in [0, 0.1) is 5.92 Å². The van der Waals surface area contributed by atoms with E-state index in [2.05, 4.69) is 45.0 Å². The van der Waals surface area contributed by atoms with Crippen LogP contribution in [0.4, 0.5) is 5.69 Å². The number of carboxylic acids is 4. The zero-order valence-corrected chi connectivity index (χ0v) is 42.4. The monoisotopic (exact) mass is 999 g/mol. The van der Waals surface area contributed by atoms with Crippen LogP contribution >= 0.6 is 0 Å². The van der Waals surface area contributed by atoms with Gasteiger partial charge in [0.2, 0.25) is 17.7 Å². The molecule has 0 bridgehead atoms. The van der Waals surface area contributed by atoms with Gasteiger partial charge in [0.1, 0.15) is 11.5 Å². The van der Waals surface area contributed by atoms with Crippen LogP contribution in [0.1, 0.15) is 93.2 Å². The summed E-state index contributed by atoms with van der Waals surface area (Å²) in [4.78, 5) is 90.3. The minimum absolute atomic E-state index is 0.0491. The second-order valence-corrected chi connectivity index (χ2v) is 16.8. The fourth-order valence-corrected chi connectivity index (χ4v) is 5.93. The van der Waals surface area contributed by atoms with E-state index in [0.717, 1.165) is 13.3 Å². The van der Waals surface area contributed by atoms with E-state index in [1.807, 2.05) is 32.6 Å². The van der Waals surface area contributed by atoms with Crippen molar-refractivity contribution < 1.29 is 63.8 Å². The number of aliphatic hydroxyl groups is 1. The smallest absolute Gasteiger partial charge is 0.317 e. The van der Waals surface area contributed by atoms with Crippen LogP contribution in [-0.2, 0) is 38.3 Å². The van der Waals surface area contributed by atoms with Gasteiger partial charge >= 0.3 is 17.9 Å². The number of nitrogens with one attached hydrogen (secondary N) is 3. The highest BCUT2D eigenvalue weighted by molar-refractivity contribution is 5.97. The first-order valence-electron chi connectivity index (χ1n) is 23.3. The van der Waals surface area contributed by atoms with Crippen molar-refractivity contribution in [2.24, 2.45) is 27.6 Å². The van der Waals surface area contributed by atoms with E-state index < -0.39 is 29.5 Å². The minimum Gasteiger partial charge on any atom is -0.481 e. The Bertz CT molecular complexity index is 1730. The molecule has 400 valence electrons. The molecule has 0 unspecified atom stereocenters. The van der Waals surface area contributed by atoms with Gasteiger partial charge in [-0.3, -0.25) is 58.1 Å². The summed E-state index contributed by atoms with van der Waals surface area (Å²) in [6.07, 6.45) is 3.70. The molecule has 1 saturated heterocycles. The van der Waals surface area contributed by atoms with Gasteiger partial charge in [-0.1, -0.05) is 27.7 Å². The fraction of sp³-hybridized carbons (Fsp3) is 0.689. The van der Waals surface area contributed by atoms with E-state index in [0.29, 0.717) is 102 Å². The van der Waals surface area contributed by atoms with Crippen molar-refractivity contribution >= 4 is 59.0 Å². The highest BCUT2D eigenvalue weighted by atomic mass is 16.5. The molecule has 1 aliphatic heterocycles. The first-order valence-corrected chi connectivity index (χ1v) is 23.3. The van der Waals surface area contributed by atoms with Crippen molar-refractivity contribution in [1.29, 1.82) is 0 Å². The van der Waals surface area contributed by atoms with Crippen LogP contribution < -0.4 is 27.4 Å². The number of carbonyl (C=O) groups excluding carboxylic acids is 3. The number of aliphatic carboxylic acids is 4. The zero-order chi connectivity index (χ0) is 53.7. The van der Waals surface area contributed by atoms with E-state index in [1.54, 1.807) is 33.8 Å². The molecule has 2 heterocycles. The van der Waals surface area contributed by atoms with Crippen LogP contribution in [0.25, 0.3) is 0 Å². The lowest BCUT2D eigenvalue weighted by Gasteiger charge is -2.32. The number of hydrogen-bond acceptors (Lipinski definition) is 16. The number of anilines is 1. The molecule has 0 radical (unpaired) electrons. The van der Waals surface area contributed by atoms with E-state index in [4.69, 9.17) is 31.2 Å². The highest BCUT2D eigenvalue weighted by Gasteiger charge is 2.21. The second-order valence-electron chi connectivity index (χ2n) is 16.8. The summed E-state index contributed by atoms with van der Waals surface area (Å²) in [6, 6.07) is 3.25. The number of nitrogens with two attached hydrogens (primary N) is 2. The molecular weight excluding hydrogens is 917 g/mol. The van der Waals surface area contributed by atoms with Gasteiger partial charge in [-0.2, -0.15) is 0 Å². The van der Waals surface area contributed by atoms with Gasteiger partial charge in [-0.05, 0) is 58.1 Å². The third-order valence-electron chi connectivity index (χ3n) is 9.48. The number of aliphatic hydroxyl groups excluding tert-OH is 1. The van der Waals surface area contributed by atoms with Crippen molar-refractivity contribution in [3.63, 3.8) is 0 Å². The first kappa shape index (κ1) is 66.2. The number of rotatable bonds is 24. The molecule has 0 saturated carbocycles. The summed E-state index contributed by atoms with van der Waals surface area (Å²) in [6.45, 7) is 18.6. The third-order valence-corrected chi connectivity index (χ3v) is 9.48. The molecular formula is C45H82N12O13. The second kappa shape index (κ2) is 38.9. The lowest BCUT2D eigenvalue weighted by Crippen LogP contribution is -2.49. The molecule has 0 spiro atoms. The topological polar surface area (TPSA) is 369 Å². The van der Waals surface area contributed by atoms with Gasteiger partial charge < -0.3 is 57.7 Å². The maximum Gasteiger partial charge on any atom is 0.317 e. The predicted molar refractivity (Wildman–Crippen MR) is 265 cm³/mol. The minimum atomic E-state index is -0.994. The lowest BCUT2D eigenvalue weighted by molar-refractivity contribution is -0.140. The Hall–Kier alpha value is -5.86. The summed E-state index contributed by atoms with van der Waals surface area (Å²) in [5.74, 6) is -3.41. The van der Waals surface area contributed by atoms with Crippen molar-refractivity contribution in [2.75, 3.05) is 110 Å². The van der Waals surface area contributed by atoms with Crippen LogP contribution in [0.3, 0.4) is 0 Å². The molecule has 1 fully saturated rings. The Morgan fingerprint density at radius 2 is 1.16 bits per heavy atom. The molecule has 70 heavy (non-hydrogen) atoms. The average molecular weight is 999 g/mol. The quantitative estimate of drug-likeness (QED) is 0.0287. The molecule has 25 nitrogen and oxygen atoms in total. The summed E-state index contributed by atoms with van der Waals surface area (Å²) in [5.41, 5.74) is 11.6. The van der Waals surface area contributed by atoms with Gasteiger partial charge in [0.05, 0.1) is 50.3 Å². The molecule has 3 amide bonds. The Balaban J connectivity index is 0. The lowest BCUT2D eigenvalue weighted by atomic mass is 10.1. The van der Waals surface area contributed by atoms with Crippen molar-refractivity contribution in [3.8, 4) is 0 Å². The Labute approximate surface area is 412 Å². The number of ether oxygens (including phenoxy) is 1. The van der Waals surface area contributed by atoms with Crippen LogP contribution in [0.2, 0.25) is 0 Å². The Kier molecular flexibility index (Phi) is 36.8. The number of aromatic nitrogens is 1. The van der Waals surface area contributed by atoms with Gasteiger partial charge in [0.25, 0.3) is 5.97 Å². The molecule has 0 aromatic carbocycles. The first-order chi connectivity index (χ1) is 32.9. The number of amidine groups is 2. The van der Waals surface area contributed by atoms with Crippen molar-refractivity contribution in [2.45, 2.75) is 93.1 Å². The number of carboxylic acid groups (broad SMARTS) is 4. The maximum absolute atomic E-state index is 12.4. The SMILES string of the molecule is C/C(N)=N/N=C(\N)c1ccc(NC(=O)CCCC(=O)NCCOC(C)(C)CCO)cn1.CC.CC(=O)O.CC(C)CCNC(=O)CN1CCN(CC(=O)O)CCN(CC(=O)O)CCN(CC(=O)O)CC1. The number of carbonyl (C=O) groups is 7. The Morgan fingerprint density at radius 1 is 0.714 bits per heavy atom. The summed E-state index contributed by atoms with van der Waals surface area (Å²) < 4.78 is 5.60. The predicted octanol–water partition coefficient (Wildman–Crippen LogP) is 0.223. The molecule has 1 aromatic rings. The molecule has 1 aromatic heterocycles. The van der Waals surface area contributed by atoms with Crippen molar-refractivity contribution in [1.82, 2.24) is 35.2 Å². The van der Waals surface area contributed by atoms with Crippen LogP contribution in [0.15, 0.2) is 28.5 Å². The van der Waals surface area contributed by atoms with Crippen LogP contribution in [0.5, 0.6) is 0 Å². The Morgan fingerprint density at radius 3 is 1.56 bits per heavy atom. The normalized spacial score (nSPS) is 14.7. The van der Waals surface area contributed by atoms with Crippen molar-refractivity contribution in [3.05, 3.63) is 24.0 Å². The van der Waals surface area contributed by atoms with Crippen LogP contribution in [-0.4, -0.2) is 214 Å². The zero-order valence-electron chi connectivity index (χ0n) is 42.4. The molecule has 1 aliphatic rings. The molecule has 0 atom stereocenters. The number of nitrogens with zero attached hydrogens (tertiary/aromatic N) is 7. The third kappa shape index (κ3) is 39.0. The van der Waals surface area contributed by atoms with Gasteiger partial charge in [-0.15, -0.1) is 10.2 Å². The number of amides is 3. The number of hydrogen-bond donors (Lipinski definition) is 10. The number of pyridine rings is 1. The average Bonchev–Trinajstić information content (AvgIpc) is 3.25. The molecule has 25 heteroatoms. The van der Waals surface area contributed by atoms with E-state index in [-0.39, 0.29) is 75.0 Å². The van der Waals surface area contributed by atoms with Gasteiger partial charge in [0.15, 0.2) is 5.84 Å². The molecule has 2 rings (SSSR count). The fourth-order valence-electron chi connectivity index (χ4n) is 5.93. The van der Waals surface area contributed by atoms with E-state index in [1.165, 1.54) is 6.20 Å². The van der Waals surface area contributed by atoms with Gasteiger partial charge in [-0.25, -0.2) is 0 Å². The standard InChI is InChI=1S/C21H39N5O7.C20H33N7O4.C2H4O2.C2H6/c1-17(2)3-4-22-18(27)13-23-5-7-24(14-19(28)29)9-11-26(16-21(32)33)12-10-25(8-6-23)15-20(30)31;1-14(21)26-27-19(22)16-8-7-15(13-24-16)25-18(30)6-4-5-17(29)23-10-12-31-20(2,3)9-11-28;1-2(3)4;1-2/h17H,3-16H2,1-2H3,(H,22,27)(H,28,29)(H,30,31)(H,32,33);7-8,13,28H,4-6,9-12H2,1-3H3,(H2,21,26)(H2,22,27)(H,23,29)(H,25,30);1H3,(H,3,4);1-2H3.